The van der Waals surface area contributed by atoms with E-state index in [-0.39, 0.29) is 6.10 Å². The minimum atomic E-state index is -0.545. The highest BCUT2D eigenvalue weighted by Gasteiger charge is 2.08. The average Bonchev–Trinajstić information content (AvgIpc) is 2.34. The van der Waals surface area contributed by atoms with E-state index in [0.717, 1.165) is 15.9 Å². The molecule has 1 aromatic rings. The minimum Gasteiger partial charge on any atom is -0.495 e. The Balaban J connectivity index is 2.49. The van der Waals surface area contributed by atoms with E-state index in [9.17, 15) is 5.11 Å². The van der Waals surface area contributed by atoms with E-state index in [4.69, 9.17) is 9.47 Å². The molecule has 1 rings (SSSR count). The van der Waals surface area contributed by atoms with Gasteiger partial charge in [-0.2, -0.15) is 0 Å². The topological polar surface area (TPSA) is 50.7 Å². The summed E-state index contributed by atoms with van der Waals surface area (Å²) in [6, 6.07) is 5.68. The third-order valence-electron chi connectivity index (χ3n) is 2.31. The highest BCUT2D eigenvalue weighted by Crippen LogP contribution is 2.27. The van der Waals surface area contributed by atoms with Crippen molar-refractivity contribution in [1.29, 1.82) is 0 Å². The zero-order chi connectivity index (χ0) is 13.5. The third-order valence-corrected chi connectivity index (χ3v) is 2.80. The summed E-state index contributed by atoms with van der Waals surface area (Å²) in [6.07, 6.45) is -0.420. The SMILES string of the molecule is COc1ccc(Br)cc1NCC(O)COC(C)C. The standard InChI is InChI=1S/C13H20BrNO3/c1-9(2)18-8-11(16)7-15-12-6-10(14)4-5-13(12)17-3/h4-6,9,11,15-16H,7-8H2,1-3H3. The molecule has 0 fully saturated rings. The van der Waals surface area contributed by atoms with Crippen LogP contribution in [-0.2, 0) is 4.74 Å². The molecule has 1 aromatic carbocycles. The van der Waals surface area contributed by atoms with Crippen LogP contribution in [0.3, 0.4) is 0 Å². The second kappa shape index (κ2) is 7.61. The van der Waals surface area contributed by atoms with Gasteiger partial charge in [0.25, 0.3) is 0 Å². The van der Waals surface area contributed by atoms with Gasteiger partial charge in [0.1, 0.15) is 5.75 Å². The van der Waals surface area contributed by atoms with E-state index >= 15 is 0 Å². The Hall–Kier alpha value is -0.780. The van der Waals surface area contributed by atoms with Gasteiger partial charge in [0.05, 0.1) is 31.6 Å². The molecule has 0 aliphatic carbocycles. The number of anilines is 1. The maximum absolute atomic E-state index is 9.75. The third kappa shape index (κ3) is 5.25. The van der Waals surface area contributed by atoms with Gasteiger partial charge in [-0.15, -0.1) is 0 Å². The summed E-state index contributed by atoms with van der Waals surface area (Å²) < 4.78 is 11.5. The molecule has 0 amide bonds. The van der Waals surface area contributed by atoms with Crippen molar-refractivity contribution in [3.63, 3.8) is 0 Å². The maximum Gasteiger partial charge on any atom is 0.142 e. The van der Waals surface area contributed by atoms with Gasteiger partial charge in [0.2, 0.25) is 0 Å². The first kappa shape index (κ1) is 15.3. The molecule has 18 heavy (non-hydrogen) atoms. The molecular formula is C13H20BrNO3. The summed E-state index contributed by atoms with van der Waals surface area (Å²) in [6.45, 7) is 4.62. The number of rotatable bonds is 7. The fourth-order valence-electron chi connectivity index (χ4n) is 1.41. The number of benzene rings is 1. The van der Waals surface area contributed by atoms with Gasteiger partial charge in [0, 0.05) is 11.0 Å². The largest absolute Gasteiger partial charge is 0.495 e. The van der Waals surface area contributed by atoms with Crippen molar-refractivity contribution in [2.75, 3.05) is 25.6 Å². The lowest BCUT2D eigenvalue weighted by Crippen LogP contribution is -2.26. The van der Waals surface area contributed by atoms with Crippen molar-refractivity contribution in [3.8, 4) is 5.75 Å². The molecule has 4 nitrogen and oxygen atoms in total. The molecule has 0 aromatic heterocycles. The molecule has 0 bridgehead atoms. The number of aliphatic hydroxyl groups is 1. The Kier molecular flexibility index (Phi) is 6.46. The number of nitrogens with one attached hydrogen (secondary N) is 1. The number of methoxy groups -OCH3 is 1. The van der Waals surface area contributed by atoms with Crippen LogP contribution in [0.2, 0.25) is 0 Å². The number of aliphatic hydroxyl groups excluding tert-OH is 1. The van der Waals surface area contributed by atoms with Gasteiger partial charge in [-0.1, -0.05) is 15.9 Å². The van der Waals surface area contributed by atoms with E-state index in [0.29, 0.717) is 13.2 Å². The fourth-order valence-corrected chi connectivity index (χ4v) is 1.77. The predicted octanol–water partition coefficient (Wildman–Crippen LogP) is 2.66. The molecule has 0 aliphatic rings. The van der Waals surface area contributed by atoms with Crippen LogP contribution in [0, 0.1) is 0 Å². The smallest absolute Gasteiger partial charge is 0.142 e. The summed E-state index contributed by atoms with van der Waals surface area (Å²) in [5.41, 5.74) is 0.843. The van der Waals surface area contributed by atoms with Crippen LogP contribution in [0.4, 0.5) is 5.69 Å². The molecule has 0 saturated carbocycles. The molecule has 0 saturated heterocycles. The van der Waals surface area contributed by atoms with Crippen LogP contribution in [0.25, 0.3) is 0 Å². The molecule has 0 radical (unpaired) electrons. The molecule has 1 atom stereocenters. The lowest BCUT2D eigenvalue weighted by Gasteiger charge is -2.16. The highest BCUT2D eigenvalue weighted by atomic mass is 79.9. The molecule has 0 heterocycles. The Morgan fingerprint density at radius 2 is 2.11 bits per heavy atom. The first-order chi connectivity index (χ1) is 8.52. The molecule has 0 spiro atoms. The molecule has 0 aliphatic heterocycles. The molecule has 5 heteroatoms. The molecule has 2 N–H and O–H groups in total. The lowest BCUT2D eigenvalue weighted by molar-refractivity contribution is 0.0112. The van der Waals surface area contributed by atoms with Crippen LogP contribution in [0.1, 0.15) is 13.8 Å². The van der Waals surface area contributed by atoms with Crippen LogP contribution in [-0.4, -0.2) is 37.6 Å². The highest BCUT2D eigenvalue weighted by molar-refractivity contribution is 9.10. The summed E-state index contributed by atoms with van der Waals surface area (Å²) in [7, 11) is 1.62. The zero-order valence-electron chi connectivity index (χ0n) is 10.9. The quantitative estimate of drug-likeness (QED) is 0.811. The van der Waals surface area contributed by atoms with Crippen molar-refractivity contribution < 1.29 is 14.6 Å². The zero-order valence-corrected chi connectivity index (χ0v) is 12.5. The number of hydrogen-bond donors (Lipinski definition) is 2. The Morgan fingerprint density at radius 1 is 1.39 bits per heavy atom. The molecule has 102 valence electrons. The van der Waals surface area contributed by atoms with Gasteiger partial charge in [-0.05, 0) is 32.0 Å². The fraction of sp³-hybridized carbons (Fsp3) is 0.538. The van der Waals surface area contributed by atoms with Crippen LogP contribution >= 0.6 is 15.9 Å². The Labute approximate surface area is 116 Å². The number of hydrogen-bond acceptors (Lipinski definition) is 4. The maximum atomic E-state index is 9.75. The predicted molar refractivity (Wildman–Crippen MR) is 76.3 cm³/mol. The van der Waals surface area contributed by atoms with E-state index in [1.165, 1.54) is 0 Å². The van der Waals surface area contributed by atoms with E-state index < -0.39 is 6.10 Å². The van der Waals surface area contributed by atoms with Gasteiger partial charge in [-0.3, -0.25) is 0 Å². The molecule has 1 unspecified atom stereocenters. The first-order valence-electron chi connectivity index (χ1n) is 5.90. The second-order valence-corrected chi connectivity index (χ2v) is 5.18. The van der Waals surface area contributed by atoms with Gasteiger partial charge in [0.15, 0.2) is 0 Å². The summed E-state index contributed by atoms with van der Waals surface area (Å²) in [5.74, 6) is 0.746. The summed E-state index contributed by atoms with van der Waals surface area (Å²) >= 11 is 3.40. The summed E-state index contributed by atoms with van der Waals surface area (Å²) in [4.78, 5) is 0. The normalized spacial score (nSPS) is 12.6. The number of halogens is 1. The Morgan fingerprint density at radius 3 is 2.72 bits per heavy atom. The lowest BCUT2D eigenvalue weighted by atomic mass is 10.2. The van der Waals surface area contributed by atoms with E-state index in [2.05, 4.69) is 21.2 Å². The van der Waals surface area contributed by atoms with Crippen LogP contribution in [0.15, 0.2) is 22.7 Å². The average molecular weight is 318 g/mol. The summed E-state index contributed by atoms with van der Waals surface area (Å²) in [5, 5.41) is 12.9. The van der Waals surface area contributed by atoms with E-state index in [1.54, 1.807) is 7.11 Å². The van der Waals surface area contributed by atoms with Crippen LogP contribution < -0.4 is 10.1 Å². The first-order valence-corrected chi connectivity index (χ1v) is 6.69. The van der Waals surface area contributed by atoms with Crippen molar-refractivity contribution in [2.45, 2.75) is 26.1 Å². The second-order valence-electron chi connectivity index (χ2n) is 4.26. The van der Waals surface area contributed by atoms with Crippen molar-refractivity contribution in [3.05, 3.63) is 22.7 Å². The van der Waals surface area contributed by atoms with Crippen molar-refractivity contribution in [2.24, 2.45) is 0 Å². The van der Waals surface area contributed by atoms with Gasteiger partial charge in [-0.25, -0.2) is 0 Å². The molecular weight excluding hydrogens is 298 g/mol. The van der Waals surface area contributed by atoms with Crippen LogP contribution in [0.5, 0.6) is 5.75 Å². The minimum absolute atomic E-state index is 0.125. The van der Waals surface area contributed by atoms with E-state index in [1.807, 2.05) is 32.0 Å². The monoisotopic (exact) mass is 317 g/mol. The van der Waals surface area contributed by atoms with Gasteiger partial charge < -0.3 is 19.9 Å². The van der Waals surface area contributed by atoms with Crippen molar-refractivity contribution in [1.82, 2.24) is 0 Å². The van der Waals surface area contributed by atoms with Crippen molar-refractivity contribution >= 4 is 21.6 Å². The number of ether oxygens (including phenoxy) is 2. The Bertz CT molecular complexity index is 371. The van der Waals surface area contributed by atoms with Gasteiger partial charge >= 0.3 is 0 Å².